The molecule has 150 valence electrons. The predicted molar refractivity (Wildman–Crippen MR) is 113 cm³/mol. The first-order valence-corrected chi connectivity index (χ1v) is 9.63. The van der Waals surface area contributed by atoms with Gasteiger partial charge in [-0.1, -0.05) is 23.7 Å². The third kappa shape index (κ3) is 3.05. The zero-order chi connectivity index (χ0) is 21.5. The summed E-state index contributed by atoms with van der Waals surface area (Å²) < 4.78 is 21.6. The highest BCUT2D eigenvalue weighted by Gasteiger charge is 2.26. The third-order valence-corrected chi connectivity index (χ3v) is 5.26. The Bertz CT molecular complexity index is 1460. The highest BCUT2D eigenvalue weighted by Crippen LogP contribution is 2.38. The molecule has 4 aromatic rings. The number of halogens is 2. The number of benzene rings is 1. The van der Waals surface area contributed by atoms with E-state index in [1.165, 1.54) is 29.1 Å². The Kier molecular flexibility index (Phi) is 4.50. The molecule has 0 atom stereocenters. The van der Waals surface area contributed by atoms with Crippen molar-refractivity contribution in [2.45, 2.75) is 6.61 Å². The lowest BCUT2D eigenvalue weighted by molar-refractivity contribution is 0.292. The average molecular weight is 431 g/mol. The van der Waals surface area contributed by atoms with Gasteiger partial charge in [0.15, 0.2) is 0 Å². The lowest BCUT2D eigenvalue weighted by atomic mass is 9.96. The van der Waals surface area contributed by atoms with Gasteiger partial charge in [0.2, 0.25) is 0 Å². The molecular formula is C23H12ClFN4O2. The van der Waals surface area contributed by atoms with Crippen LogP contribution in [0, 0.1) is 17.1 Å². The molecule has 31 heavy (non-hydrogen) atoms. The van der Waals surface area contributed by atoms with Gasteiger partial charge in [-0.05, 0) is 30.3 Å². The minimum Gasteiger partial charge on any atom is -0.485 e. The van der Waals surface area contributed by atoms with Crippen LogP contribution in [0.2, 0.25) is 5.02 Å². The Hall–Kier alpha value is -4.02. The van der Waals surface area contributed by atoms with E-state index < -0.39 is 11.4 Å². The standard InChI is InChI=1S/C23H12ClFN4O2/c24-13-7-14(11-27-10-13)29-20-12-31-21-5-2-6-28-22(21)17(20)8-16(23(29)30)15-3-1-4-19(25)18(15)9-26/h1-8,10-11H,12H2. The van der Waals surface area contributed by atoms with E-state index in [1.807, 2.05) is 6.07 Å². The van der Waals surface area contributed by atoms with Gasteiger partial charge in [0.1, 0.15) is 29.9 Å². The van der Waals surface area contributed by atoms with E-state index in [9.17, 15) is 14.4 Å². The normalized spacial score (nSPS) is 11.8. The van der Waals surface area contributed by atoms with Crippen LogP contribution in [0.15, 0.2) is 65.8 Å². The van der Waals surface area contributed by atoms with Crippen LogP contribution in [-0.4, -0.2) is 14.5 Å². The van der Waals surface area contributed by atoms with Crippen molar-refractivity contribution in [3.63, 3.8) is 0 Å². The number of hydrogen-bond donors (Lipinski definition) is 0. The molecule has 1 aliphatic rings. The summed E-state index contributed by atoms with van der Waals surface area (Å²) in [6, 6.07) is 12.8. The third-order valence-electron chi connectivity index (χ3n) is 5.06. The van der Waals surface area contributed by atoms with Crippen LogP contribution in [0.3, 0.4) is 0 Å². The molecule has 0 N–H and O–H groups in total. The number of hydrogen-bond acceptors (Lipinski definition) is 5. The first-order chi connectivity index (χ1) is 15.1. The van der Waals surface area contributed by atoms with Gasteiger partial charge in [0.05, 0.1) is 28.2 Å². The molecule has 3 aromatic heterocycles. The van der Waals surface area contributed by atoms with E-state index in [1.54, 1.807) is 36.5 Å². The van der Waals surface area contributed by atoms with E-state index in [2.05, 4.69) is 9.97 Å². The zero-order valence-corrected chi connectivity index (χ0v) is 16.6. The van der Waals surface area contributed by atoms with Gasteiger partial charge >= 0.3 is 0 Å². The van der Waals surface area contributed by atoms with Crippen molar-refractivity contribution >= 4 is 11.6 Å². The van der Waals surface area contributed by atoms with Crippen molar-refractivity contribution in [2.24, 2.45) is 0 Å². The van der Waals surface area contributed by atoms with Crippen molar-refractivity contribution in [3.05, 3.63) is 93.5 Å². The summed E-state index contributed by atoms with van der Waals surface area (Å²) in [6.07, 6.45) is 4.58. The number of aromatic nitrogens is 3. The SMILES string of the molecule is N#Cc1c(F)cccc1-c1cc2c(n(-c3cncc(Cl)c3)c1=O)COc1cccnc1-2. The zero-order valence-electron chi connectivity index (χ0n) is 15.8. The van der Waals surface area contributed by atoms with Crippen LogP contribution in [0.25, 0.3) is 28.1 Å². The molecule has 0 unspecified atom stereocenters. The minimum absolute atomic E-state index is 0.115. The maximum Gasteiger partial charge on any atom is 0.263 e. The second kappa shape index (κ2) is 7.35. The molecule has 0 saturated carbocycles. The summed E-state index contributed by atoms with van der Waals surface area (Å²) >= 11 is 6.12. The Morgan fingerprint density at radius 2 is 2.00 bits per heavy atom. The fourth-order valence-electron chi connectivity index (χ4n) is 3.71. The Balaban J connectivity index is 1.91. The molecule has 6 nitrogen and oxygen atoms in total. The van der Waals surface area contributed by atoms with Crippen LogP contribution in [0.5, 0.6) is 5.75 Å². The average Bonchev–Trinajstić information content (AvgIpc) is 2.78. The van der Waals surface area contributed by atoms with Crippen molar-refractivity contribution in [3.8, 4) is 39.9 Å². The Morgan fingerprint density at radius 1 is 1.13 bits per heavy atom. The van der Waals surface area contributed by atoms with E-state index in [4.69, 9.17) is 16.3 Å². The summed E-state index contributed by atoms with van der Waals surface area (Å²) in [7, 11) is 0. The number of rotatable bonds is 2. The second-order valence-corrected chi connectivity index (χ2v) is 7.27. The van der Waals surface area contributed by atoms with Gasteiger partial charge in [-0.25, -0.2) is 4.39 Å². The van der Waals surface area contributed by atoms with Crippen molar-refractivity contribution < 1.29 is 9.13 Å². The topological polar surface area (TPSA) is 80.8 Å². The fraction of sp³-hybridized carbons (Fsp3) is 0.0435. The van der Waals surface area contributed by atoms with Crippen molar-refractivity contribution in [1.82, 2.24) is 14.5 Å². The van der Waals surface area contributed by atoms with Gasteiger partial charge in [0, 0.05) is 29.1 Å². The lowest BCUT2D eigenvalue weighted by Gasteiger charge is -2.24. The van der Waals surface area contributed by atoms with E-state index in [-0.39, 0.29) is 23.3 Å². The predicted octanol–water partition coefficient (Wildman–Crippen LogP) is 4.52. The van der Waals surface area contributed by atoms with Crippen LogP contribution >= 0.6 is 11.6 Å². The van der Waals surface area contributed by atoms with Gasteiger partial charge < -0.3 is 4.74 Å². The summed E-state index contributed by atoms with van der Waals surface area (Å²) in [6.45, 7) is 0.115. The Labute approximate surface area is 180 Å². The van der Waals surface area contributed by atoms with E-state index in [0.29, 0.717) is 33.4 Å². The summed E-state index contributed by atoms with van der Waals surface area (Å²) in [5.74, 6) is -0.134. The van der Waals surface area contributed by atoms with E-state index >= 15 is 0 Å². The smallest absolute Gasteiger partial charge is 0.263 e. The van der Waals surface area contributed by atoms with E-state index in [0.717, 1.165) is 0 Å². The summed E-state index contributed by atoms with van der Waals surface area (Å²) in [4.78, 5) is 22.1. The molecule has 0 saturated heterocycles. The largest absolute Gasteiger partial charge is 0.485 e. The maximum absolute atomic E-state index is 14.3. The molecule has 0 aliphatic carbocycles. The molecule has 4 heterocycles. The van der Waals surface area contributed by atoms with Crippen LogP contribution in [-0.2, 0) is 6.61 Å². The molecule has 0 amide bonds. The van der Waals surface area contributed by atoms with Crippen molar-refractivity contribution in [1.29, 1.82) is 5.26 Å². The molecule has 0 bridgehead atoms. The quantitative estimate of drug-likeness (QED) is 0.467. The van der Waals surface area contributed by atoms with Gasteiger partial charge in [-0.2, -0.15) is 5.26 Å². The van der Waals surface area contributed by atoms with Gasteiger partial charge in [0.25, 0.3) is 5.56 Å². The fourth-order valence-corrected chi connectivity index (χ4v) is 3.87. The number of pyridine rings is 3. The molecule has 0 spiro atoms. The van der Waals surface area contributed by atoms with Crippen LogP contribution in [0.4, 0.5) is 4.39 Å². The lowest BCUT2D eigenvalue weighted by Crippen LogP contribution is -2.27. The molecule has 8 heteroatoms. The number of fused-ring (bicyclic) bond motifs is 3. The molecular weight excluding hydrogens is 419 g/mol. The number of nitrogens with zero attached hydrogens (tertiary/aromatic N) is 4. The monoisotopic (exact) mass is 430 g/mol. The maximum atomic E-state index is 14.3. The van der Waals surface area contributed by atoms with Crippen molar-refractivity contribution in [2.75, 3.05) is 0 Å². The van der Waals surface area contributed by atoms with Crippen LogP contribution in [0.1, 0.15) is 11.3 Å². The molecule has 0 fully saturated rings. The molecule has 1 aliphatic heterocycles. The highest BCUT2D eigenvalue weighted by atomic mass is 35.5. The van der Waals surface area contributed by atoms with Gasteiger partial charge in [-0.15, -0.1) is 0 Å². The van der Waals surface area contributed by atoms with Crippen LogP contribution < -0.4 is 10.3 Å². The highest BCUT2D eigenvalue weighted by molar-refractivity contribution is 6.30. The molecule has 1 aromatic carbocycles. The first-order valence-electron chi connectivity index (χ1n) is 9.25. The summed E-state index contributed by atoms with van der Waals surface area (Å²) in [5, 5.41) is 9.86. The van der Waals surface area contributed by atoms with Gasteiger partial charge in [-0.3, -0.25) is 19.3 Å². The minimum atomic E-state index is -0.699. The second-order valence-electron chi connectivity index (χ2n) is 6.83. The first kappa shape index (κ1) is 19.0. The summed E-state index contributed by atoms with van der Waals surface area (Å²) in [5.41, 5.74) is 1.87. The number of ether oxygens (including phenoxy) is 1. The Morgan fingerprint density at radius 3 is 2.81 bits per heavy atom. The molecule has 5 rings (SSSR count). The number of nitriles is 1. The molecule has 0 radical (unpaired) electrons.